The van der Waals surface area contributed by atoms with Gasteiger partial charge in [-0.1, -0.05) is 44.2 Å². The maximum atomic E-state index is 12.2. The number of nitrogens with one attached hydrogen (secondary N) is 1. The summed E-state index contributed by atoms with van der Waals surface area (Å²) in [7, 11) is 0. The van der Waals surface area contributed by atoms with Gasteiger partial charge in [-0.05, 0) is 22.8 Å². The minimum absolute atomic E-state index is 0.210. The van der Waals surface area contributed by atoms with Crippen molar-refractivity contribution in [3.05, 3.63) is 42.0 Å². The van der Waals surface area contributed by atoms with Crippen LogP contribution in [0.4, 0.5) is 0 Å². The predicted molar refractivity (Wildman–Crippen MR) is 104 cm³/mol. The van der Waals surface area contributed by atoms with Crippen LogP contribution >= 0.6 is 0 Å². The lowest BCUT2D eigenvalue weighted by Crippen LogP contribution is -2.55. The van der Waals surface area contributed by atoms with Crippen LogP contribution in [0, 0.1) is 5.92 Å². The number of fused-ring (bicyclic) bond motifs is 1. The molecule has 6 nitrogen and oxygen atoms in total. The topological polar surface area (TPSA) is 78.9 Å². The molecular weight excluding hydrogens is 344 g/mol. The molecule has 0 saturated carbocycles. The first kappa shape index (κ1) is 19.2. The van der Waals surface area contributed by atoms with Gasteiger partial charge in [0.25, 0.3) is 0 Å². The van der Waals surface area contributed by atoms with E-state index in [-0.39, 0.29) is 12.3 Å². The molecule has 1 fully saturated rings. The molecule has 0 spiro atoms. The Hall–Kier alpha value is -2.60. The summed E-state index contributed by atoms with van der Waals surface area (Å²) in [5, 5.41) is 14.1. The van der Waals surface area contributed by atoms with Crippen molar-refractivity contribution < 1.29 is 19.4 Å². The molecule has 6 heteroatoms. The Balaban J connectivity index is 1.96. The molecule has 2 aromatic carbocycles. The molecule has 2 aromatic rings. The second kappa shape index (κ2) is 8.39. The summed E-state index contributed by atoms with van der Waals surface area (Å²) in [5.74, 6) is -0.0166. The number of carboxylic acid groups (broad SMARTS) is 1. The number of ether oxygens (including phenoxy) is 1. The average molecular weight is 370 g/mol. The van der Waals surface area contributed by atoms with Crippen LogP contribution in [-0.2, 0) is 16.1 Å². The first-order chi connectivity index (χ1) is 13.0. The lowest BCUT2D eigenvalue weighted by molar-refractivity contribution is -0.143. The Morgan fingerprint density at radius 2 is 2.07 bits per heavy atom. The maximum Gasteiger partial charge on any atom is 0.305 e. The molecular formula is C21H26N2O4. The lowest BCUT2D eigenvalue weighted by atomic mass is 10.0. The Bertz CT molecular complexity index is 834. The Morgan fingerprint density at radius 3 is 2.81 bits per heavy atom. The van der Waals surface area contributed by atoms with Crippen LogP contribution in [0.3, 0.4) is 0 Å². The van der Waals surface area contributed by atoms with Crippen molar-refractivity contribution in [3.8, 4) is 5.75 Å². The van der Waals surface area contributed by atoms with Crippen LogP contribution in [-0.4, -0.2) is 47.6 Å². The molecule has 3 rings (SSSR count). The fraction of sp³-hybridized carbons (Fsp3) is 0.429. The van der Waals surface area contributed by atoms with Crippen molar-refractivity contribution in [2.24, 2.45) is 5.92 Å². The van der Waals surface area contributed by atoms with Gasteiger partial charge < -0.3 is 15.2 Å². The van der Waals surface area contributed by atoms with Gasteiger partial charge in [-0.15, -0.1) is 0 Å². The molecule has 27 heavy (non-hydrogen) atoms. The molecule has 0 aliphatic carbocycles. The Kier molecular flexibility index (Phi) is 5.96. The van der Waals surface area contributed by atoms with E-state index in [0.717, 1.165) is 22.1 Å². The summed E-state index contributed by atoms with van der Waals surface area (Å²) in [6, 6.07) is 11.4. The smallest absolute Gasteiger partial charge is 0.305 e. The zero-order valence-electron chi connectivity index (χ0n) is 15.8. The van der Waals surface area contributed by atoms with Gasteiger partial charge in [-0.25, -0.2) is 0 Å². The fourth-order valence-electron chi connectivity index (χ4n) is 3.41. The Morgan fingerprint density at radius 1 is 1.30 bits per heavy atom. The third-order valence-corrected chi connectivity index (χ3v) is 4.74. The van der Waals surface area contributed by atoms with Crippen molar-refractivity contribution >= 4 is 22.6 Å². The molecule has 1 aliphatic heterocycles. The van der Waals surface area contributed by atoms with Gasteiger partial charge in [-0.3, -0.25) is 14.5 Å². The molecule has 0 bridgehead atoms. The van der Waals surface area contributed by atoms with E-state index in [0.29, 0.717) is 32.2 Å². The number of carboxylic acids is 1. The quantitative estimate of drug-likeness (QED) is 0.783. The molecule has 0 radical (unpaired) electrons. The van der Waals surface area contributed by atoms with Gasteiger partial charge in [0.05, 0.1) is 13.0 Å². The van der Waals surface area contributed by atoms with Crippen molar-refractivity contribution in [1.29, 1.82) is 0 Å². The predicted octanol–water partition coefficient (Wildman–Crippen LogP) is 2.65. The van der Waals surface area contributed by atoms with Gasteiger partial charge in [-0.2, -0.15) is 0 Å². The number of carbonyl (C=O) groups is 2. The molecule has 144 valence electrons. The minimum Gasteiger partial charge on any atom is -0.493 e. The van der Waals surface area contributed by atoms with E-state index in [1.165, 1.54) is 0 Å². The van der Waals surface area contributed by atoms with E-state index in [9.17, 15) is 14.7 Å². The summed E-state index contributed by atoms with van der Waals surface area (Å²) < 4.78 is 6.05. The van der Waals surface area contributed by atoms with Crippen LogP contribution in [0.25, 0.3) is 10.8 Å². The SMILES string of the molecule is CC(C)COc1ccc2ccccc2c1CN1CCNC(=O)C1CC(=O)O. The van der Waals surface area contributed by atoms with Crippen LogP contribution in [0.5, 0.6) is 5.75 Å². The van der Waals surface area contributed by atoms with Gasteiger partial charge in [0.1, 0.15) is 11.8 Å². The summed E-state index contributed by atoms with van der Waals surface area (Å²) in [6.07, 6.45) is -0.210. The van der Waals surface area contributed by atoms with Gasteiger partial charge in [0.2, 0.25) is 5.91 Å². The highest BCUT2D eigenvalue weighted by molar-refractivity contribution is 5.89. The molecule has 1 heterocycles. The molecule has 2 N–H and O–H groups in total. The lowest BCUT2D eigenvalue weighted by Gasteiger charge is -2.34. The summed E-state index contributed by atoms with van der Waals surface area (Å²) in [6.45, 7) is 6.39. The molecule has 1 atom stereocenters. The monoisotopic (exact) mass is 370 g/mol. The van der Waals surface area contributed by atoms with Gasteiger partial charge in [0.15, 0.2) is 0 Å². The fourth-order valence-corrected chi connectivity index (χ4v) is 3.41. The number of nitrogens with zero attached hydrogens (tertiary/aromatic N) is 1. The van der Waals surface area contributed by atoms with E-state index in [1.54, 1.807) is 0 Å². The van der Waals surface area contributed by atoms with Crippen LogP contribution in [0.1, 0.15) is 25.8 Å². The highest BCUT2D eigenvalue weighted by Crippen LogP contribution is 2.31. The van der Waals surface area contributed by atoms with Crippen molar-refractivity contribution in [2.45, 2.75) is 32.9 Å². The van der Waals surface area contributed by atoms with Crippen LogP contribution < -0.4 is 10.1 Å². The van der Waals surface area contributed by atoms with E-state index in [4.69, 9.17) is 4.74 Å². The second-order valence-corrected chi connectivity index (χ2v) is 7.34. The standard InChI is InChI=1S/C21H26N2O4/c1-14(2)13-27-19-8-7-15-5-3-4-6-16(15)17(19)12-23-10-9-22-21(26)18(23)11-20(24)25/h3-8,14,18H,9-13H2,1-2H3,(H,22,26)(H,24,25). The summed E-state index contributed by atoms with van der Waals surface area (Å²) in [4.78, 5) is 25.4. The zero-order chi connectivity index (χ0) is 19.4. The number of rotatable bonds is 7. The van der Waals surface area contributed by atoms with Crippen LogP contribution in [0.2, 0.25) is 0 Å². The first-order valence-electron chi connectivity index (χ1n) is 9.32. The largest absolute Gasteiger partial charge is 0.493 e. The number of amides is 1. The van der Waals surface area contributed by atoms with E-state index in [1.807, 2.05) is 41.3 Å². The third kappa shape index (κ3) is 4.57. The van der Waals surface area contributed by atoms with E-state index >= 15 is 0 Å². The Labute approximate surface area is 159 Å². The average Bonchev–Trinajstić information content (AvgIpc) is 2.63. The maximum absolute atomic E-state index is 12.2. The van der Waals surface area contributed by atoms with Crippen molar-refractivity contribution in [2.75, 3.05) is 19.7 Å². The number of hydrogen-bond acceptors (Lipinski definition) is 4. The summed E-state index contributed by atoms with van der Waals surface area (Å²) >= 11 is 0. The molecule has 1 saturated heterocycles. The molecule has 1 aliphatic rings. The van der Waals surface area contributed by atoms with Crippen molar-refractivity contribution in [3.63, 3.8) is 0 Å². The van der Waals surface area contributed by atoms with E-state index < -0.39 is 12.0 Å². The van der Waals surface area contributed by atoms with E-state index in [2.05, 4.69) is 19.2 Å². The number of piperazine rings is 1. The normalized spacial score (nSPS) is 17.9. The molecule has 1 unspecified atom stereocenters. The third-order valence-electron chi connectivity index (χ3n) is 4.74. The number of carbonyl (C=O) groups excluding carboxylic acids is 1. The number of benzene rings is 2. The second-order valence-electron chi connectivity index (χ2n) is 7.34. The minimum atomic E-state index is -0.976. The molecule has 0 aromatic heterocycles. The van der Waals surface area contributed by atoms with Crippen molar-refractivity contribution in [1.82, 2.24) is 10.2 Å². The van der Waals surface area contributed by atoms with Gasteiger partial charge >= 0.3 is 5.97 Å². The number of hydrogen-bond donors (Lipinski definition) is 2. The first-order valence-corrected chi connectivity index (χ1v) is 9.32. The van der Waals surface area contributed by atoms with Gasteiger partial charge in [0, 0.05) is 25.2 Å². The number of aliphatic carboxylic acids is 1. The zero-order valence-corrected chi connectivity index (χ0v) is 15.8. The highest BCUT2D eigenvalue weighted by Gasteiger charge is 2.32. The van der Waals surface area contributed by atoms with Crippen LogP contribution in [0.15, 0.2) is 36.4 Å². The summed E-state index contributed by atoms with van der Waals surface area (Å²) in [5.41, 5.74) is 0.999. The molecule has 1 amide bonds. The highest BCUT2D eigenvalue weighted by atomic mass is 16.5.